The number of carbonyl (C=O) groups is 2. The van der Waals surface area contributed by atoms with Crippen LogP contribution in [0.2, 0.25) is 0 Å². The fourth-order valence-electron chi connectivity index (χ4n) is 2.64. The van der Waals surface area contributed by atoms with Gasteiger partial charge in [0.2, 0.25) is 0 Å². The lowest BCUT2D eigenvalue weighted by Gasteiger charge is -2.17. The van der Waals surface area contributed by atoms with Crippen molar-refractivity contribution in [1.29, 1.82) is 0 Å². The van der Waals surface area contributed by atoms with E-state index < -0.39 is 32.9 Å². The van der Waals surface area contributed by atoms with Gasteiger partial charge in [-0.05, 0) is 44.7 Å². The fourth-order valence-corrected chi connectivity index (χ4v) is 2.64. The number of cyclic esters (lactones) is 1. The smallest absolute Gasteiger partial charge is 0.339 e. The first-order valence-corrected chi connectivity index (χ1v) is 7.33. The molecule has 0 spiro atoms. The molecule has 5 nitrogen and oxygen atoms in total. The van der Waals surface area contributed by atoms with E-state index in [1.807, 2.05) is 0 Å². The van der Waals surface area contributed by atoms with Crippen molar-refractivity contribution >= 4 is 11.9 Å². The van der Waals surface area contributed by atoms with E-state index in [-0.39, 0.29) is 53.9 Å². The van der Waals surface area contributed by atoms with Crippen LogP contribution in [0.1, 0.15) is 64.7 Å². The van der Waals surface area contributed by atoms with E-state index in [4.69, 9.17) is 21.8 Å². The van der Waals surface area contributed by atoms with Crippen LogP contribution in [0.3, 0.4) is 0 Å². The molecule has 0 aliphatic carbocycles. The van der Waals surface area contributed by atoms with Crippen LogP contribution in [-0.4, -0.2) is 26.0 Å². The second-order valence-electron chi connectivity index (χ2n) is 5.57. The highest BCUT2D eigenvalue weighted by Gasteiger charge is 2.29. The second-order valence-corrected chi connectivity index (χ2v) is 5.57. The van der Waals surface area contributed by atoms with Gasteiger partial charge in [-0.1, -0.05) is 11.6 Å². The highest BCUT2D eigenvalue weighted by Crippen LogP contribution is 2.37. The summed E-state index contributed by atoms with van der Waals surface area (Å²) in [7, 11) is -5.72. The minimum absolute atomic E-state index is 0.00523. The van der Waals surface area contributed by atoms with Gasteiger partial charge in [0, 0.05) is 21.7 Å². The van der Waals surface area contributed by atoms with E-state index in [1.54, 1.807) is 13.0 Å². The Morgan fingerprint density at radius 2 is 2.17 bits per heavy atom. The third-order valence-electron chi connectivity index (χ3n) is 4.07. The van der Waals surface area contributed by atoms with Crippen LogP contribution in [0.15, 0.2) is 11.6 Å². The zero-order chi connectivity index (χ0) is 25.4. The second kappa shape index (κ2) is 7.51. The monoisotopic (exact) mass is 341 g/mol. The van der Waals surface area contributed by atoms with Crippen LogP contribution in [0, 0.1) is 13.8 Å². The molecule has 1 aliphatic rings. The van der Waals surface area contributed by atoms with Gasteiger partial charge in [-0.15, -0.1) is 0 Å². The normalized spacial score (nSPS) is 20.7. The molecule has 0 unspecified atom stereocenters. The first-order chi connectivity index (χ1) is 14.9. The molecule has 0 bridgehead atoms. The summed E-state index contributed by atoms with van der Waals surface area (Å²) in [5.74, 6) is -1.90. The molecule has 1 aliphatic heterocycles. The Kier molecular flexibility index (Phi) is 2.90. The van der Waals surface area contributed by atoms with Crippen molar-refractivity contribution in [3.63, 3.8) is 0 Å². The molecule has 0 saturated carbocycles. The molecule has 130 valence electrons. The van der Waals surface area contributed by atoms with E-state index in [9.17, 15) is 9.59 Å². The van der Waals surface area contributed by atoms with E-state index >= 15 is 0 Å². The average molecular weight is 341 g/mol. The molecule has 1 heterocycles. The minimum Gasteiger partial charge on any atom is -0.496 e. The number of allylic oxidation sites excluding steroid dienone is 2. The predicted octanol–water partition coefficient (Wildman–Crippen LogP) is 3.42. The number of fused-ring (bicyclic) bond motifs is 1. The maximum Gasteiger partial charge on any atom is 0.339 e. The zero-order valence-electron chi connectivity index (χ0n) is 22.4. The molecule has 0 radical (unpaired) electrons. The van der Waals surface area contributed by atoms with Crippen molar-refractivity contribution in [3.8, 4) is 5.75 Å². The van der Waals surface area contributed by atoms with Gasteiger partial charge in [0.15, 0.2) is 0 Å². The minimum atomic E-state index is -2.87. The van der Waals surface area contributed by atoms with Crippen LogP contribution in [0.5, 0.6) is 5.75 Å². The largest absolute Gasteiger partial charge is 0.496 e. The molecule has 0 N–H and O–H groups in total. The topological polar surface area (TPSA) is 61.8 Å². The molecule has 1 aromatic carbocycles. The van der Waals surface area contributed by atoms with Gasteiger partial charge in [0.1, 0.15) is 12.4 Å². The van der Waals surface area contributed by atoms with Gasteiger partial charge < -0.3 is 14.2 Å². The molecular weight excluding hydrogens is 308 g/mol. The summed E-state index contributed by atoms with van der Waals surface area (Å²) in [6.45, 7) is 0.197. The molecule has 0 atom stereocenters. The maximum atomic E-state index is 12.3. The van der Waals surface area contributed by atoms with Gasteiger partial charge >= 0.3 is 11.9 Å². The van der Waals surface area contributed by atoms with E-state index in [2.05, 4.69) is 4.74 Å². The van der Waals surface area contributed by atoms with Gasteiger partial charge in [0.05, 0.1) is 27.9 Å². The Hall–Kier alpha value is -2.30. The number of rotatable bonds is 6. The van der Waals surface area contributed by atoms with Crippen LogP contribution >= 0.6 is 0 Å². The maximum absolute atomic E-state index is 12.3. The number of hydrogen-bond donors (Lipinski definition) is 0. The van der Waals surface area contributed by atoms with Crippen molar-refractivity contribution in [3.05, 3.63) is 39.5 Å². The summed E-state index contributed by atoms with van der Waals surface area (Å²) in [6.07, 6.45) is 1.35. The Morgan fingerprint density at radius 3 is 2.88 bits per heavy atom. The summed E-state index contributed by atoms with van der Waals surface area (Å²) < 4.78 is 81.7. The highest BCUT2D eigenvalue weighted by molar-refractivity contribution is 5.96. The lowest BCUT2D eigenvalue weighted by molar-refractivity contribution is -0.140. The average Bonchev–Trinajstić information content (AvgIpc) is 2.99. The summed E-state index contributed by atoms with van der Waals surface area (Å²) in [4.78, 5) is 24.0. The van der Waals surface area contributed by atoms with Crippen molar-refractivity contribution in [2.24, 2.45) is 0 Å². The first kappa shape index (κ1) is 9.25. The Morgan fingerprint density at radius 1 is 1.33 bits per heavy atom. The van der Waals surface area contributed by atoms with Crippen molar-refractivity contribution in [1.82, 2.24) is 0 Å². The van der Waals surface area contributed by atoms with Gasteiger partial charge in [-0.2, -0.15) is 0 Å². The van der Waals surface area contributed by atoms with Gasteiger partial charge in [-0.3, -0.25) is 4.79 Å². The van der Waals surface area contributed by atoms with Crippen molar-refractivity contribution in [2.45, 2.75) is 46.6 Å². The molecule has 2 rings (SSSR count). The zero-order valence-corrected chi connectivity index (χ0v) is 13.4. The number of benzene rings is 1. The van der Waals surface area contributed by atoms with E-state index in [1.165, 1.54) is 6.92 Å². The van der Waals surface area contributed by atoms with Crippen LogP contribution in [0.4, 0.5) is 0 Å². The van der Waals surface area contributed by atoms with Gasteiger partial charge in [-0.25, -0.2) is 4.79 Å². The highest BCUT2D eigenvalue weighted by atomic mass is 16.5. The summed E-state index contributed by atoms with van der Waals surface area (Å²) in [5, 5.41) is 0. The number of hydrogen-bond acceptors (Lipinski definition) is 5. The van der Waals surface area contributed by atoms with Crippen LogP contribution < -0.4 is 4.74 Å². The molecular formula is C19H24O5. The lowest BCUT2D eigenvalue weighted by Crippen LogP contribution is -2.06. The van der Waals surface area contributed by atoms with Crippen molar-refractivity contribution in [2.75, 3.05) is 14.1 Å². The Bertz CT molecular complexity index is 972. The number of carbonyl (C=O) groups excluding carboxylic acids is 2. The summed E-state index contributed by atoms with van der Waals surface area (Å²) >= 11 is 0. The summed E-state index contributed by atoms with van der Waals surface area (Å²) in [5.41, 5.74) is 0.702. The van der Waals surface area contributed by atoms with Gasteiger partial charge in [0.25, 0.3) is 0 Å². The standard InChI is InChI=1S/C19H24O5/c1-11(7-9-16(20)22-4)6-8-14-12(2)17-15(10-24-19(17)21)13(3)18(14)23-5/h6H,7-10H2,1-5H3/i2D3,4D3,5D3. The molecule has 5 heteroatoms. The third kappa shape index (κ3) is 3.45. The number of ether oxygens (including phenoxy) is 3. The SMILES string of the molecule is [2H]C([2H])([2H])OC(=O)CCC(C)=CCc1c(OC([2H])([2H])[2H])c(C)c2c(c1C([2H])([2H])[2H])C(=O)OC2. The molecule has 0 amide bonds. The molecule has 24 heavy (non-hydrogen) atoms. The van der Waals surface area contributed by atoms with Crippen molar-refractivity contribution < 1.29 is 36.1 Å². The fraction of sp³-hybridized carbons (Fsp3) is 0.474. The van der Waals surface area contributed by atoms with Crippen LogP contribution in [0.25, 0.3) is 0 Å². The predicted molar refractivity (Wildman–Crippen MR) is 90.3 cm³/mol. The van der Waals surface area contributed by atoms with E-state index in [0.717, 1.165) is 0 Å². The lowest BCUT2D eigenvalue weighted by atomic mass is 9.91. The van der Waals surface area contributed by atoms with E-state index in [0.29, 0.717) is 11.1 Å². The number of esters is 2. The molecule has 0 fully saturated rings. The number of methoxy groups -OCH3 is 2. The molecule has 0 saturated heterocycles. The Balaban J connectivity index is 2.49. The first-order valence-electron chi connectivity index (χ1n) is 11.8. The molecule has 1 aromatic rings. The quantitative estimate of drug-likeness (QED) is 0.586. The molecule has 0 aromatic heterocycles. The van der Waals surface area contributed by atoms with Crippen LogP contribution in [-0.2, 0) is 27.3 Å². The third-order valence-corrected chi connectivity index (χ3v) is 4.07. The summed E-state index contributed by atoms with van der Waals surface area (Å²) in [6, 6.07) is 0. The Labute approximate surface area is 155 Å².